The number of hydrogen-bond acceptors (Lipinski definition) is 7. The number of aliphatic carboxylic acids is 1. The summed E-state index contributed by atoms with van der Waals surface area (Å²) in [5, 5.41) is 33.8. The van der Waals surface area contributed by atoms with Crippen molar-refractivity contribution >= 4 is 23.7 Å². The average Bonchev–Trinajstić information content (AvgIpc) is 3.27. The molecule has 1 heterocycles. The van der Waals surface area contributed by atoms with Crippen molar-refractivity contribution < 1.29 is 34.5 Å². The van der Waals surface area contributed by atoms with Gasteiger partial charge in [-0.25, -0.2) is 4.79 Å². The summed E-state index contributed by atoms with van der Waals surface area (Å²) in [6, 6.07) is 1.98. The predicted octanol–water partition coefficient (Wildman–Crippen LogP) is -0.266. The van der Waals surface area contributed by atoms with Gasteiger partial charge in [0.2, 0.25) is 17.7 Å². The summed E-state index contributed by atoms with van der Waals surface area (Å²) in [5.74, 6) is -2.97. The minimum Gasteiger partial charge on any atom is -0.508 e. The molecular weight excluding hydrogens is 456 g/mol. The molecule has 0 radical (unpaired) electrons. The zero-order chi connectivity index (χ0) is 26.3. The van der Waals surface area contributed by atoms with E-state index >= 15 is 0 Å². The van der Waals surface area contributed by atoms with Gasteiger partial charge in [0.05, 0.1) is 12.1 Å². The van der Waals surface area contributed by atoms with Gasteiger partial charge in [0.25, 0.3) is 0 Å². The van der Waals surface area contributed by atoms with E-state index in [1.165, 1.54) is 24.0 Å². The molecule has 0 spiro atoms. The van der Waals surface area contributed by atoms with Crippen molar-refractivity contribution in [3.05, 3.63) is 29.8 Å². The largest absolute Gasteiger partial charge is 0.508 e. The van der Waals surface area contributed by atoms with Gasteiger partial charge < -0.3 is 36.6 Å². The van der Waals surface area contributed by atoms with E-state index in [1.54, 1.807) is 12.1 Å². The first-order chi connectivity index (χ1) is 16.4. The third-order valence-electron chi connectivity index (χ3n) is 5.93. The van der Waals surface area contributed by atoms with Crippen LogP contribution < -0.4 is 16.4 Å². The number of aliphatic hydroxyl groups excluding tert-OH is 1. The van der Waals surface area contributed by atoms with Crippen molar-refractivity contribution in [1.82, 2.24) is 15.5 Å². The van der Waals surface area contributed by atoms with E-state index in [1.807, 2.05) is 13.8 Å². The molecule has 3 amide bonds. The van der Waals surface area contributed by atoms with Crippen LogP contribution in [0.2, 0.25) is 0 Å². The first-order valence-corrected chi connectivity index (χ1v) is 11.8. The summed E-state index contributed by atoms with van der Waals surface area (Å²) in [6.45, 7) is 5.26. The molecule has 11 heteroatoms. The molecule has 35 heavy (non-hydrogen) atoms. The van der Waals surface area contributed by atoms with Crippen LogP contribution in [0, 0.1) is 5.92 Å². The van der Waals surface area contributed by atoms with Crippen LogP contribution in [0.15, 0.2) is 24.3 Å². The van der Waals surface area contributed by atoms with Gasteiger partial charge in [-0.3, -0.25) is 14.4 Å². The van der Waals surface area contributed by atoms with Crippen molar-refractivity contribution in [2.75, 3.05) is 6.54 Å². The van der Waals surface area contributed by atoms with Crippen molar-refractivity contribution in [1.29, 1.82) is 0 Å². The maximum Gasteiger partial charge on any atom is 0.326 e. The average molecular weight is 493 g/mol. The first kappa shape index (κ1) is 28.1. The number of phenols is 1. The second kappa shape index (κ2) is 12.5. The van der Waals surface area contributed by atoms with Crippen molar-refractivity contribution in [3.8, 4) is 5.75 Å². The Labute approximate surface area is 204 Å². The number of aliphatic hydroxyl groups is 1. The van der Waals surface area contributed by atoms with E-state index in [2.05, 4.69) is 10.6 Å². The molecule has 0 aromatic heterocycles. The monoisotopic (exact) mass is 492 g/mol. The van der Waals surface area contributed by atoms with Gasteiger partial charge in [0, 0.05) is 6.54 Å². The molecule has 0 bridgehead atoms. The smallest absolute Gasteiger partial charge is 0.326 e. The maximum atomic E-state index is 13.0. The molecular formula is C24H36N4O7. The lowest BCUT2D eigenvalue weighted by Gasteiger charge is -2.29. The molecule has 1 aliphatic rings. The number of amides is 3. The third-order valence-corrected chi connectivity index (χ3v) is 5.93. The number of carboxylic acid groups (broad SMARTS) is 1. The molecule has 5 unspecified atom stereocenters. The Bertz CT molecular complexity index is 904. The van der Waals surface area contributed by atoms with Gasteiger partial charge >= 0.3 is 5.97 Å². The van der Waals surface area contributed by atoms with Crippen LogP contribution in [-0.2, 0) is 25.6 Å². The molecule has 0 aliphatic carbocycles. The normalized spacial score (nSPS) is 19.0. The Kier molecular flexibility index (Phi) is 10.0. The van der Waals surface area contributed by atoms with Gasteiger partial charge in [0.15, 0.2) is 0 Å². The molecule has 7 N–H and O–H groups in total. The lowest BCUT2D eigenvalue weighted by Crippen LogP contribution is -2.59. The number of nitrogens with one attached hydrogen (secondary N) is 2. The first-order valence-electron chi connectivity index (χ1n) is 11.8. The molecule has 1 aromatic rings. The molecule has 11 nitrogen and oxygen atoms in total. The van der Waals surface area contributed by atoms with Crippen molar-refractivity contribution in [2.24, 2.45) is 11.7 Å². The number of rotatable bonds is 11. The Morgan fingerprint density at radius 3 is 2.29 bits per heavy atom. The van der Waals surface area contributed by atoms with E-state index in [0.717, 1.165) is 5.56 Å². The Morgan fingerprint density at radius 1 is 1.11 bits per heavy atom. The fourth-order valence-electron chi connectivity index (χ4n) is 4.10. The van der Waals surface area contributed by atoms with E-state index in [-0.39, 0.29) is 24.5 Å². The van der Waals surface area contributed by atoms with Crippen molar-refractivity contribution in [2.45, 2.75) is 76.7 Å². The molecule has 2 rings (SSSR count). The molecule has 1 aromatic carbocycles. The summed E-state index contributed by atoms with van der Waals surface area (Å²) in [5.41, 5.74) is 6.86. The number of likely N-dealkylation sites (tertiary alicyclic amines) is 1. The predicted molar refractivity (Wildman–Crippen MR) is 127 cm³/mol. The highest BCUT2D eigenvalue weighted by Gasteiger charge is 2.38. The fourth-order valence-corrected chi connectivity index (χ4v) is 4.10. The number of aromatic hydroxyl groups is 1. The zero-order valence-corrected chi connectivity index (χ0v) is 20.3. The lowest BCUT2D eigenvalue weighted by molar-refractivity contribution is -0.144. The van der Waals surface area contributed by atoms with Crippen LogP contribution >= 0.6 is 0 Å². The fraction of sp³-hybridized carbons (Fsp3) is 0.583. The maximum absolute atomic E-state index is 13.0. The summed E-state index contributed by atoms with van der Waals surface area (Å²) in [6.07, 6.45) is 0.0368. The van der Waals surface area contributed by atoms with Crippen molar-refractivity contribution in [3.63, 3.8) is 0 Å². The summed E-state index contributed by atoms with van der Waals surface area (Å²) < 4.78 is 0. The summed E-state index contributed by atoms with van der Waals surface area (Å²) >= 11 is 0. The second-order valence-corrected chi connectivity index (χ2v) is 9.42. The number of nitrogens with zero attached hydrogens (tertiary/aromatic N) is 1. The molecule has 1 aliphatic heterocycles. The molecule has 194 valence electrons. The number of phenolic OH excluding ortho intramolecular Hbond substituents is 1. The molecule has 5 atom stereocenters. The second-order valence-electron chi connectivity index (χ2n) is 9.42. The van der Waals surface area contributed by atoms with Crippen LogP contribution in [0.25, 0.3) is 0 Å². The van der Waals surface area contributed by atoms with E-state index in [4.69, 9.17) is 5.73 Å². The third kappa shape index (κ3) is 7.93. The molecule has 1 saturated heterocycles. The number of carboxylic acids is 1. The highest BCUT2D eigenvalue weighted by Crippen LogP contribution is 2.20. The number of carbonyl (C=O) groups excluding carboxylic acids is 3. The van der Waals surface area contributed by atoms with Gasteiger partial charge in [-0.15, -0.1) is 0 Å². The number of benzene rings is 1. The van der Waals surface area contributed by atoms with Gasteiger partial charge in [-0.1, -0.05) is 26.0 Å². The van der Waals surface area contributed by atoms with E-state index < -0.39 is 54.0 Å². The van der Waals surface area contributed by atoms with Gasteiger partial charge in [-0.2, -0.15) is 0 Å². The Morgan fingerprint density at radius 2 is 1.74 bits per heavy atom. The Balaban J connectivity index is 2.06. The lowest BCUT2D eigenvalue weighted by atomic mass is 10.0. The number of nitrogens with two attached hydrogens (primary N) is 1. The number of hydrogen-bond donors (Lipinski definition) is 6. The minimum atomic E-state index is -1.39. The standard InChI is InChI=1S/C24H36N4O7/c1-13(2)11-18(24(34)35)26-22(32)20(14(3)29)27-21(31)19-5-4-10-28(19)23(33)17(25)12-15-6-8-16(30)9-7-15/h6-9,13-14,17-20,29-30H,4-5,10-12,25H2,1-3H3,(H,26,32)(H,27,31)(H,34,35). The van der Waals surface area contributed by atoms with Gasteiger partial charge in [-0.05, 0) is 56.2 Å². The summed E-state index contributed by atoms with van der Waals surface area (Å²) in [4.78, 5) is 51.6. The highest BCUT2D eigenvalue weighted by molar-refractivity contribution is 5.94. The van der Waals surface area contributed by atoms with Crippen LogP contribution in [0.5, 0.6) is 5.75 Å². The highest BCUT2D eigenvalue weighted by atomic mass is 16.4. The topological polar surface area (TPSA) is 182 Å². The Hall–Kier alpha value is -3.18. The SMILES string of the molecule is CC(C)CC(NC(=O)C(NC(=O)C1CCCN1C(=O)C(N)Cc1ccc(O)cc1)C(C)O)C(=O)O. The molecule has 1 fully saturated rings. The number of carbonyl (C=O) groups is 4. The summed E-state index contributed by atoms with van der Waals surface area (Å²) in [7, 11) is 0. The molecule has 0 saturated carbocycles. The van der Waals surface area contributed by atoms with Gasteiger partial charge in [0.1, 0.15) is 23.9 Å². The minimum absolute atomic E-state index is 0.000153. The van der Waals surface area contributed by atoms with Crippen LogP contribution in [0.3, 0.4) is 0 Å². The van der Waals surface area contributed by atoms with Crippen LogP contribution in [0.1, 0.15) is 45.6 Å². The van der Waals surface area contributed by atoms with Crippen LogP contribution in [0.4, 0.5) is 0 Å². The zero-order valence-electron chi connectivity index (χ0n) is 20.3. The van der Waals surface area contributed by atoms with E-state index in [0.29, 0.717) is 19.4 Å². The van der Waals surface area contributed by atoms with Crippen LogP contribution in [-0.4, -0.2) is 80.7 Å². The van der Waals surface area contributed by atoms with E-state index in [9.17, 15) is 34.5 Å². The quantitative estimate of drug-likeness (QED) is 0.244.